The number of nitrogens with zero attached hydrogens (tertiary/aromatic N) is 1. The molecule has 0 aliphatic carbocycles. The number of aliphatic hydroxyl groups is 1. The third kappa shape index (κ3) is 6.71. The third-order valence-electron chi connectivity index (χ3n) is 6.91. The molecule has 1 unspecified atom stereocenters. The average molecular weight is 591 g/mol. The zero-order chi connectivity index (χ0) is 30.6. The van der Waals surface area contributed by atoms with Gasteiger partial charge in [-0.25, -0.2) is 4.79 Å². The molecule has 1 atom stereocenters. The van der Waals surface area contributed by atoms with Crippen LogP contribution in [-0.2, 0) is 23.2 Å². The Morgan fingerprint density at radius 3 is 2.17 bits per heavy atom. The molecule has 1 saturated heterocycles. The van der Waals surface area contributed by atoms with E-state index in [1.54, 1.807) is 38.1 Å². The molecule has 0 bridgehead atoms. The molecule has 2 N–H and O–H groups in total. The average Bonchev–Trinajstić information content (AvgIpc) is 3.10. The number of benzene rings is 2. The molecule has 0 saturated carbocycles. The standard InChI is InChI=1S/C28H32F6N2O5/c1-4-7-19-16-20(26(39,27(29,30)31)28(32,33)34)10-13-22(19)41-15-6-5-14-36-23(37)25(2,35-24(36)38)17-18-8-11-21(40-3)12-9-18/h8-13,16,39H,4-7,14-15,17H2,1-3H3,(H,35,38). The maximum Gasteiger partial charge on any atom is 0.430 e. The largest absolute Gasteiger partial charge is 0.497 e. The predicted molar refractivity (Wildman–Crippen MR) is 137 cm³/mol. The Morgan fingerprint density at radius 1 is 0.976 bits per heavy atom. The molecule has 2 aromatic rings. The van der Waals surface area contributed by atoms with Crippen LogP contribution in [0.15, 0.2) is 42.5 Å². The second-order valence-corrected chi connectivity index (χ2v) is 10.1. The highest BCUT2D eigenvalue weighted by molar-refractivity contribution is 6.06. The topological polar surface area (TPSA) is 88.1 Å². The van der Waals surface area contributed by atoms with Gasteiger partial charge in [-0.2, -0.15) is 26.3 Å². The minimum Gasteiger partial charge on any atom is -0.497 e. The lowest BCUT2D eigenvalue weighted by Gasteiger charge is -2.33. The van der Waals surface area contributed by atoms with Gasteiger partial charge in [-0.1, -0.05) is 31.5 Å². The van der Waals surface area contributed by atoms with E-state index in [-0.39, 0.29) is 43.2 Å². The van der Waals surface area contributed by atoms with Crippen molar-refractivity contribution in [1.82, 2.24) is 10.2 Å². The van der Waals surface area contributed by atoms with Crippen LogP contribution < -0.4 is 14.8 Å². The molecular weight excluding hydrogens is 558 g/mol. The van der Waals surface area contributed by atoms with Crippen molar-refractivity contribution in [3.05, 3.63) is 59.2 Å². The van der Waals surface area contributed by atoms with E-state index in [4.69, 9.17) is 9.47 Å². The van der Waals surface area contributed by atoms with E-state index < -0.39 is 35.1 Å². The highest BCUT2D eigenvalue weighted by atomic mass is 19.4. The predicted octanol–water partition coefficient (Wildman–Crippen LogP) is 5.67. The van der Waals surface area contributed by atoms with Gasteiger partial charge in [-0.05, 0) is 61.6 Å². The lowest BCUT2D eigenvalue weighted by molar-refractivity contribution is -0.376. The maximum absolute atomic E-state index is 13.3. The van der Waals surface area contributed by atoms with Gasteiger partial charge in [0.15, 0.2) is 0 Å². The summed E-state index contributed by atoms with van der Waals surface area (Å²) in [4.78, 5) is 26.6. The fraction of sp³-hybridized carbons (Fsp3) is 0.500. The van der Waals surface area contributed by atoms with Crippen LogP contribution in [0.4, 0.5) is 31.1 Å². The Kier molecular flexibility index (Phi) is 9.51. The maximum atomic E-state index is 13.3. The van der Waals surface area contributed by atoms with Crippen LogP contribution in [0.5, 0.6) is 11.5 Å². The number of alkyl halides is 6. The van der Waals surface area contributed by atoms with Crippen molar-refractivity contribution in [2.75, 3.05) is 20.3 Å². The molecule has 1 aliphatic rings. The van der Waals surface area contributed by atoms with Crippen LogP contribution in [0.3, 0.4) is 0 Å². The molecule has 3 amide bonds. The van der Waals surface area contributed by atoms with E-state index >= 15 is 0 Å². The van der Waals surface area contributed by atoms with Gasteiger partial charge in [-0.3, -0.25) is 9.69 Å². The fourth-order valence-corrected chi connectivity index (χ4v) is 4.67. The quantitative estimate of drug-likeness (QED) is 0.189. The van der Waals surface area contributed by atoms with Crippen LogP contribution in [0, 0.1) is 0 Å². The van der Waals surface area contributed by atoms with Crippen molar-refractivity contribution in [3.8, 4) is 11.5 Å². The second kappa shape index (κ2) is 12.2. The number of ether oxygens (including phenoxy) is 2. The Bertz CT molecular complexity index is 1220. The van der Waals surface area contributed by atoms with E-state index in [0.717, 1.165) is 16.5 Å². The molecule has 7 nitrogen and oxygen atoms in total. The summed E-state index contributed by atoms with van der Waals surface area (Å²) < 4.78 is 90.5. The van der Waals surface area contributed by atoms with Gasteiger partial charge in [0.05, 0.1) is 13.7 Å². The number of aryl methyl sites for hydroxylation is 1. The molecule has 0 aromatic heterocycles. The lowest BCUT2D eigenvalue weighted by Crippen LogP contribution is -2.53. The number of halogens is 6. The molecule has 1 heterocycles. The van der Waals surface area contributed by atoms with E-state index in [1.165, 1.54) is 7.11 Å². The zero-order valence-corrected chi connectivity index (χ0v) is 22.8. The molecule has 41 heavy (non-hydrogen) atoms. The lowest BCUT2D eigenvalue weighted by atomic mass is 9.90. The van der Waals surface area contributed by atoms with Gasteiger partial charge < -0.3 is 19.9 Å². The second-order valence-electron chi connectivity index (χ2n) is 10.1. The number of methoxy groups -OCH3 is 1. The number of hydrogen-bond donors (Lipinski definition) is 2. The summed E-state index contributed by atoms with van der Waals surface area (Å²) in [5.74, 6) is 0.359. The molecule has 226 valence electrons. The van der Waals surface area contributed by atoms with Gasteiger partial charge >= 0.3 is 18.4 Å². The first-order valence-electron chi connectivity index (χ1n) is 13.0. The zero-order valence-electron chi connectivity index (χ0n) is 22.8. The minimum atomic E-state index is -5.98. The summed E-state index contributed by atoms with van der Waals surface area (Å²) >= 11 is 0. The van der Waals surface area contributed by atoms with Crippen molar-refractivity contribution < 1.29 is 50.5 Å². The first-order chi connectivity index (χ1) is 19.1. The highest BCUT2D eigenvalue weighted by Gasteiger charge is 2.71. The van der Waals surface area contributed by atoms with Crippen molar-refractivity contribution in [2.45, 2.75) is 69.4 Å². The Morgan fingerprint density at radius 2 is 1.61 bits per heavy atom. The van der Waals surface area contributed by atoms with Crippen LogP contribution >= 0.6 is 0 Å². The summed E-state index contributed by atoms with van der Waals surface area (Å²) in [6.07, 6.45) is -10.5. The number of unbranched alkanes of at least 4 members (excludes halogenated alkanes) is 1. The summed E-state index contributed by atoms with van der Waals surface area (Å²) in [5, 5.41) is 12.4. The summed E-state index contributed by atoms with van der Waals surface area (Å²) in [7, 11) is 1.54. The molecule has 1 aliphatic heterocycles. The SMILES string of the molecule is CCCc1cc(C(O)(C(F)(F)F)C(F)(F)F)ccc1OCCCCN1C(=O)NC(C)(Cc2ccc(OC)cc2)C1=O. The smallest absolute Gasteiger partial charge is 0.430 e. The molecule has 0 radical (unpaired) electrons. The van der Waals surface area contributed by atoms with Gasteiger partial charge in [0.1, 0.15) is 17.0 Å². The van der Waals surface area contributed by atoms with Crippen molar-refractivity contribution in [1.29, 1.82) is 0 Å². The summed E-state index contributed by atoms with van der Waals surface area (Å²) in [5.41, 5.74) is -6.58. The van der Waals surface area contributed by atoms with Crippen LogP contribution in [0.25, 0.3) is 0 Å². The minimum absolute atomic E-state index is 0.0334. The number of carbonyl (C=O) groups excluding carboxylic acids is 2. The Labute approximate surface area is 233 Å². The number of carbonyl (C=O) groups is 2. The van der Waals surface area contributed by atoms with Crippen LogP contribution in [0.2, 0.25) is 0 Å². The molecular formula is C28H32F6N2O5. The van der Waals surface area contributed by atoms with E-state index in [2.05, 4.69) is 5.32 Å². The highest BCUT2D eigenvalue weighted by Crippen LogP contribution is 2.50. The molecule has 13 heteroatoms. The number of imide groups is 1. The van der Waals surface area contributed by atoms with Crippen LogP contribution in [-0.4, -0.2) is 60.1 Å². The van der Waals surface area contributed by atoms with Gasteiger partial charge in [0.25, 0.3) is 11.5 Å². The molecule has 1 fully saturated rings. The monoisotopic (exact) mass is 590 g/mol. The third-order valence-corrected chi connectivity index (χ3v) is 6.91. The van der Waals surface area contributed by atoms with Gasteiger partial charge in [0, 0.05) is 18.5 Å². The summed E-state index contributed by atoms with van der Waals surface area (Å²) in [6, 6.07) is 8.77. The Balaban J connectivity index is 1.60. The van der Waals surface area contributed by atoms with Gasteiger partial charge in [0.2, 0.25) is 0 Å². The number of nitrogens with one attached hydrogen (secondary N) is 1. The van der Waals surface area contributed by atoms with Crippen LogP contribution in [0.1, 0.15) is 49.8 Å². The molecule has 3 rings (SSSR count). The number of rotatable bonds is 12. The van der Waals surface area contributed by atoms with Crippen molar-refractivity contribution in [2.24, 2.45) is 0 Å². The first-order valence-corrected chi connectivity index (χ1v) is 13.0. The van der Waals surface area contributed by atoms with Crippen molar-refractivity contribution >= 4 is 11.9 Å². The normalized spacial score (nSPS) is 18.0. The number of urea groups is 1. The Hall–Kier alpha value is -3.48. The fourth-order valence-electron chi connectivity index (χ4n) is 4.67. The van der Waals surface area contributed by atoms with E-state index in [9.17, 15) is 41.0 Å². The molecule has 2 aromatic carbocycles. The van der Waals surface area contributed by atoms with Gasteiger partial charge in [-0.15, -0.1) is 0 Å². The van der Waals surface area contributed by atoms with E-state index in [1.807, 2.05) is 0 Å². The number of amides is 3. The first kappa shape index (κ1) is 32.0. The number of hydrogen-bond acceptors (Lipinski definition) is 5. The molecule has 0 spiro atoms. The van der Waals surface area contributed by atoms with E-state index in [0.29, 0.717) is 37.1 Å². The summed E-state index contributed by atoms with van der Waals surface area (Å²) in [6.45, 7) is 3.46. The van der Waals surface area contributed by atoms with Crippen molar-refractivity contribution in [3.63, 3.8) is 0 Å².